The molecule has 1 aromatic carbocycles. The molecule has 0 heterocycles. The molecule has 0 aliphatic carbocycles. The first-order chi connectivity index (χ1) is 8.57. The Morgan fingerprint density at radius 1 is 1.06 bits per heavy atom. The van der Waals surface area contributed by atoms with Crippen LogP contribution < -0.4 is 0 Å². The van der Waals surface area contributed by atoms with E-state index in [0.717, 1.165) is 0 Å². The van der Waals surface area contributed by atoms with Crippen LogP contribution in [0.4, 0.5) is 0 Å². The number of nitrogens with zero attached hydrogens (tertiary/aromatic N) is 1. The van der Waals surface area contributed by atoms with E-state index < -0.39 is 10.0 Å². The Morgan fingerprint density at radius 3 is 2.11 bits per heavy atom. The van der Waals surface area contributed by atoms with Crippen LogP contribution in [0.5, 0.6) is 0 Å². The zero-order valence-electron chi connectivity index (χ0n) is 10.2. The van der Waals surface area contributed by atoms with Crippen LogP contribution in [-0.4, -0.2) is 25.8 Å². The van der Waals surface area contributed by atoms with Crippen molar-refractivity contribution in [2.24, 2.45) is 0 Å². The van der Waals surface area contributed by atoms with E-state index in [1.54, 1.807) is 36.4 Å². The highest BCUT2D eigenvalue weighted by atomic mass is 32.2. The molecule has 0 aromatic heterocycles. The fourth-order valence-corrected chi connectivity index (χ4v) is 3.16. The third-order valence-corrected chi connectivity index (χ3v) is 4.33. The highest BCUT2D eigenvalue weighted by molar-refractivity contribution is 7.89. The van der Waals surface area contributed by atoms with Crippen LogP contribution >= 0.6 is 0 Å². The summed E-state index contributed by atoms with van der Waals surface area (Å²) in [6, 6.07) is 6.77. The van der Waals surface area contributed by atoms with Gasteiger partial charge in [-0.1, -0.05) is 43.0 Å². The summed E-state index contributed by atoms with van der Waals surface area (Å²) in [5.74, 6) is 0. The van der Waals surface area contributed by atoms with E-state index in [-0.39, 0.29) is 18.0 Å². The van der Waals surface area contributed by atoms with Crippen molar-refractivity contribution < 1.29 is 8.42 Å². The predicted octanol–water partition coefficient (Wildman–Crippen LogP) is 2.69. The fraction of sp³-hybridized carbons (Fsp3) is 0.143. The lowest BCUT2D eigenvalue weighted by molar-refractivity contribution is 0.474. The molecule has 0 amide bonds. The second-order valence-corrected chi connectivity index (χ2v) is 5.55. The molecule has 0 aliphatic rings. The van der Waals surface area contributed by atoms with Crippen LogP contribution in [-0.2, 0) is 10.0 Å². The number of benzene rings is 1. The topological polar surface area (TPSA) is 37.4 Å². The standard InChI is InChI=1S/C14H17NO2S/c1-4-11-15(12-5-2)18(16,17)14-10-8-7-9-13(14)6-3/h4-10H,1-3,11-12H2. The maximum absolute atomic E-state index is 12.5. The normalized spacial score (nSPS) is 11.2. The van der Waals surface area contributed by atoms with Crippen molar-refractivity contribution in [3.63, 3.8) is 0 Å². The minimum atomic E-state index is -3.55. The van der Waals surface area contributed by atoms with Gasteiger partial charge in [0.15, 0.2) is 0 Å². The minimum absolute atomic E-state index is 0.250. The molecule has 1 rings (SSSR count). The average Bonchev–Trinajstić information content (AvgIpc) is 2.38. The van der Waals surface area contributed by atoms with E-state index in [0.29, 0.717) is 5.56 Å². The number of sulfonamides is 1. The smallest absolute Gasteiger partial charge is 0.207 e. The summed E-state index contributed by atoms with van der Waals surface area (Å²) in [6.45, 7) is 11.3. The molecular weight excluding hydrogens is 246 g/mol. The SMILES string of the molecule is C=CCN(CC=C)S(=O)(=O)c1ccccc1C=C. The minimum Gasteiger partial charge on any atom is -0.207 e. The van der Waals surface area contributed by atoms with Crippen molar-refractivity contribution in [3.05, 3.63) is 61.7 Å². The van der Waals surface area contributed by atoms with Gasteiger partial charge in [0.2, 0.25) is 10.0 Å². The molecule has 0 aliphatic heterocycles. The monoisotopic (exact) mass is 263 g/mol. The molecule has 0 unspecified atom stereocenters. The van der Waals surface area contributed by atoms with Crippen LogP contribution in [0, 0.1) is 0 Å². The third-order valence-electron chi connectivity index (χ3n) is 2.42. The first kappa shape index (κ1) is 14.4. The molecule has 0 spiro atoms. The van der Waals surface area contributed by atoms with Crippen molar-refractivity contribution in [1.29, 1.82) is 0 Å². The van der Waals surface area contributed by atoms with Crippen LogP contribution in [0.2, 0.25) is 0 Å². The Kier molecular flexibility index (Phi) is 5.07. The molecule has 0 radical (unpaired) electrons. The molecule has 0 saturated carbocycles. The Labute approximate surface area is 109 Å². The van der Waals surface area contributed by atoms with E-state index in [1.165, 1.54) is 10.4 Å². The molecule has 0 N–H and O–H groups in total. The fourth-order valence-electron chi connectivity index (χ4n) is 1.58. The predicted molar refractivity (Wildman–Crippen MR) is 75.7 cm³/mol. The van der Waals surface area contributed by atoms with Gasteiger partial charge in [-0.3, -0.25) is 0 Å². The Bertz CT molecular complexity index is 537. The van der Waals surface area contributed by atoms with Crippen molar-refractivity contribution in [3.8, 4) is 0 Å². The summed E-state index contributed by atoms with van der Waals surface area (Å²) < 4.78 is 26.3. The van der Waals surface area contributed by atoms with Gasteiger partial charge in [0.05, 0.1) is 4.90 Å². The highest BCUT2D eigenvalue weighted by Gasteiger charge is 2.24. The van der Waals surface area contributed by atoms with Crippen molar-refractivity contribution in [2.75, 3.05) is 13.1 Å². The van der Waals surface area contributed by atoms with Gasteiger partial charge in [0.1, 0.15) is 0 Å². The molecule has 0 atom stereocenters. The zero-order valence-corrected chi connectivity index (χ0v) is 11.1. The van der Waals surface area contributed by atoms with E-state index in [4.69, 9.17) is 0 Å². The van der Waals surface area contributed by atoms with Crippen LogP contribution in [0.1, 0.15) is 5.56 Å². The van der Waals surface area contributed by atoms with Gasteiger partial charge >= 0.3 is 0 Å². The van der Waals surface area contributed by atoms with Gasteiger partial charge < -0.3 is 0 Å². The van der Waals surface area contributed by atoms with Gasteiger partial charge in [-0.2, -0.15) is 4.31 Å². The summed E-state index contributed by atoms with van der Waals surface area (Å²) in [7, 11) is -3.55. The van der Waals surface area contributed by atoms with E-state index >= 15 is 0 Å². The third kappa shape index (κ3) is 2.97. The van der Waals surface area contributed by atoms with E-state index in [9.17, 15) is 8.42 Å². The number of rotatable bonds is 7. The molecular formula is C14H17NO2S. The quantitative estimate of drug-likeness (QED) is 0.709. The molecule has 0 fully saturated rings. The Balaban J connectivity index is 3.29. The summed E-state index contributed by atoms with van der Waals surface area (Å²) in [4.78, 5) is 0.253. The second-order valence-electron chi connectivity index (χ2n) is 3.64. The lowest BCUT2D eigenvalue weighted by Crippen LogP contribution is -2.31. The van der Waals surface area contributed by atoms with Crippen LogP contribution in [0.3, 0.4) is 0 Å². The summed E-state index contributed by atoms with van der Waals surface area (Å²) in [6.07, 6.45) is 4.64. The molecule has 0 bridgehead atoms. The van der Waals surface area contributed by atoms with Crippen LogP contribution in [0.25, 0.3) is 6.08 Å². The molecule has 3 nitrogen and oxygen atoms in total. The van der Waals surface area contributed by atoms with Gasteiger partial charge in [-0.15, -0.1) is 13.2 Å². The van der Waals surface area contributed by atoms with Crippen molar-refractivity contribution >= 4 is 16.1 Å². The van der Waals surface area contributed by atoms with Gasteiger partial charge in [-0.25, -0.2) is 8.42 Å². The van der Waals surface area contributed by atoms with Gasteiger partial charge in [-0.05, 0) is 11.6 Å². The van der Waals surface area contributed by atoms with Gasteiger partial charge in [0.25, 0.3) is 0 Å². The number of hydrogen-bond donors (Lipinski definition) is 0. The Hall–Kier alpha value is -1.65. The summed E-state index contributed by atoms with van der Waals surface area (Å²) in [5, 5.41) is 0. The lowest BCUT2D eigenvalue weighted by atomic mass is 10.2. The Morgan fingerprint density at radius 2 is 1.61 bits per heavy atom. The first-order valence-electron chi connectivity index (χ1n) is 5.51. The summed E-state index contributed by atoms with van der Waals surface area (Å²) >= 11 is 0. The van der Waals surface area contributed by atoms with Gasteiger partial charge in [0, 0.05) is 13.1 Å². The van der Waals surface area contributed by atoms with Crippen LogP contribution in [0.15, 0.2) is 61.0 Å². The lowest BCUT2D eigenvalue weighted by Gasteiger charge is -2.20. The molecule has 96 valence electrons. The second kappa shape index (κ2) is 6.33. The molecule has 18 heavy (non-hydrogen) atoms. The first-order valence-corrected chi connectivity index (χ1v) is 6.95. The zero-order chi connectivity index (χ0) is 13.6. The largest absolute Gasteiger partial charge is 0.244 e. The maximum atomic E-state index is 12.5. The summed E-state index contributed by atoms with van der Waals surface area (Å²) in [5.41, 5.74) is 0.593. The maximum Gasteiger partial charge on any atom is 0.244 e. The van der Waals surface area contributed by atoms with E-state index in [2.05, 4.69) is 19.7 Å². The van der Waals surface area contributed by atoms with E-state index in [1.807, 2.05) is 0 Å². The van der Waals surface area contributed by atoms with Crippen molar-refractivity contribution in [2.45, 2.75) is 4.90 Å². The number of hydrogen-bond acceptors (Lipinski definition) is 2. The average molecular weight is 263 g/mol. The van der Waals surface area contributed by atoms with Crippen molar-refractivity contribution in [1.82, 2.24) is 4.31 Å². The molecule has 4 heteroatoms. The molecule has 1 aromatic rings. The highest BCUT2D eigenvalue weighted by Crippen LogP contribution is 2.20. The molecule has 0 saturated heterocycles.